The van der Waals surface area contributed by atoms with E-state index in [0.29, 0.717) is 21.8 Å². The average Bonchev–Trinajstić information content (AvgIpc) is 2.92. The van der Waals surface area contributed by atoms with Crippen molar-refractivity contribution in [2.45, 2.75) is 6.42 Å². The lowest BCUT2D eigenvalue weighted by molar-refractivity contribution is -0.119. The molecule has 0 aliphatic carbocycles. The number of carbonyl (C=O) groups is 2. The number of hydrogen-bond acceptors (Lipinski definition) is 2. The van der Waals surface area contributed by atoms with E-state index in [9.17, 15) is 9.59 Å². The van der Waals surface area contributed by atoms with E-state index in [4.69, 9.17) is 11.6 Å². The molecule has 5 heteroatoms. The second-order valence-electron chi connectivity index (χ2n) is 5.21. The molecule has 0 fully saturated rings. The minimum atomic E-state index is -0.150. The van der Waals surface area contributed by atoms with Gasteiger partial charge in [0.15, 0.2) is 0 Å². The fraction of sp³-hybridized carbons (Fsp3) is 0.111. The van der Waals surface area contributed by atoms with E-state index in [1.54, 1.807) is 31.3 Å². The highest BCUT2D eigenvalue weighted by molar-refractivity contribution is 6.31. The van der Waals surface area contributed by atoms with Crippen molar-refractivity contribution in [3.8, 4) is 0 Å². The lowest BCUT2D eigenvalue weighted by Gasteiger charge is -2.04. The molecule has 0 spiro atoms. The summed E-state index contributed by atoms with van der Waals surface area (Å²) >= 11 is 6.03. The second-order valence-corrected chi connectivity index (χ2v) is 5.65. The molecule has 2 aromatic carbocycles. The molecule has 23 heavy (non-hydrogen) atoms. The van der Waals surface area contributed by atoms with E-state index < -0.39 is 0 Å². The summed E-state index contributed by atoms with van der Waals surface area (Å²) in [6.07, 6.45) is 0.131. The van der Waals surface area contributed by atoms with E-state index in [1.807, 2.05) is 24.3 Å². The Labute approximate surface area is 138 Å². The number of hydrogen-bond donors (Lipinski definition) is 2. The first-order valence-corrected chi connectivity index (χ1v) is 7.58. The molecule has 3 rings (SSSR count). The Morgan fingerprint density at radius 3 is 2.57 bits per heavy atom. The predicted molar refractivity (Wildman–Crippen MR) is 91.0 cm³/mol. The van der Waals surface area contributed by atoms with Gasteiger partial charge in [0.05, 0.1) is 12.1 Å². The quantitative estimate of drug-likeness (QED) is 0.722. The predicted octanol–water partition coefficient (Wildman–Crippen LogP) is 3.34. The number of fused-ring (bicyclic) bond motifs is 1. The first-order chi connectivity index (χ1) is 11.1. The number of aromatic amines is 1. The molecule has 116 valence electrons. The van der Waals surface area contributed by atoms with E-state index in [2.05, 4.69) is 10.3 Å². The van der Waals surface area contributed by atoms with Crippen molar-refractivity contribution in [1.29, 1.82) is 0 Å². The Morgan fingerprint density at radius 1 is 1.13 bits per heavy atom. The van der Waals surface area contributed by atoms with Crippen LogP contribution in [0.25, 0.3) is 10.9 Å². The molecule has 1 amide bonds. The van der Waals surface area contributed by atoms with Crippen LogP contribution in [0.3, 0.4) is 0 Å². The molecule has 4 nitrogen and oxygen atoms in total. The van der Waals surface area contributed by atoms with Gasteiger partial charge in [-0.3, -0.25) is 9.59 Å². The standard InChI is InChI=1S/C18H15ClN2O2/c1-20-16(22)10-14-13-8-7-12(19)9-15(13)21-17(14)18(23)11-5-3-2-4-6-11/h2-9,21H,10H2,1H3,(H,20,22). The van der Waals surface area contributed by atoms with Crippen molar-refractivity contribution in [2.24, 2.45) is 0 Å². The number of likely N-dealkylation sites (N-methyl/N-ethyl adjacent to an activating group) is 1. The number of carbonyl (C=O) groups excluding carboxylic acids is 2. The van der Waals surface area contributed by atoms with E-state index in [-0.39, 0.29) is 18.1 Å². The lowest BCUT2D eigenvalue weighted by Crippen LogP contribution is -2.21. The summed E-state index contributed by atoms with van der Waals surface area (Å²) in [7, 11) is 1.58. The largest absolute Gasteiger partial charge is 0.359 e. The molecule has 1 aromatic heterocycles. The average molecular weight is 327 g/mol. The van der Waals surface area contributed by atoms with Crippen molar-refractivity contribution in [3.05, 3.63) is 70.4 Å². The summed E-state index contributed by atoms with van der Waals surface area (Å²) in [5.41, 5.74) is 2.43. The molecule has 0 bridgehead atoms. The van der Waals surface area contributed by atoms with Crippen LogP contribution in [-0.2, 0) is 11.2 Å². The monoisotopic (exact) mass is 326 g/mol. The van der Waals surface area contributed by atoms with Crippen LogP contribution in [0.1, 0.15) is 21.6 Å². The summed E-state index contributed by atoms with van der Waals surface area (Å²) < 4.78 is 0. The van der Waals surface area contributed by atoms with Gasteiger partial charge < -0.3 is 10.3 Å². The SMILES string of the molecule is CNC(=O)Cc1c(C(=O)c2ccccc2)[nH]c2cc(Cl)ccc12. The van der Waals surface area contributed by atoms with Gasteiger partial charge in [0.25, 0.3) is 0 Å². The van der Waals surface area contributed by atoms with Gasteiger partial charge in [-0.1, -0.05) is 48.0 Å². The third-order valence-corrected chi connectivity index (χ3v) is 3.98. The lowest BCUT2D eigenvalue weighted by atomic mass is 10.0. The zero-order valence-corrected chi connectivity index (χ0v) is 13.3. The smallest absolute Gasteiger partial charge is 0.224 e. The molecule has 1 heterocycles. The van der Waals surface area contributed by atoms with Crippen LogP contribution in [0, 0.1) is 0 Å². The van der Waals surface area contributed by atoms with Gasteiger partial charge in [0.2, 0.25) is 11.7 Å². The van der Waals surface area contributed by atoms with Gasteiger partial charge >= 0.3 is 0 Å². The second kappa shape index (κ2) is 6.26. The number of ketones is 1. The fourth-order valence-corrected chi connectivity index (χ4v) is 2.76. The molecule has 0 aliphatic heterocycles. The highest BCUT2D eigenvalue weighted by Gasteiger charge is 2.20. The van der Waals surface area contributed by atoms with E-state index in [1.165, 1.54) is 0 Å². The van der Waals surface area contributed by atoms with Gasteiger partial charge in [-0.2, -0.15) is 0 Å². The molecular formula is C18H15ClN2O2. The molecular weight excluding hydrogens is 312 g/mol. The van der Waals surface area contributed by atoms with E-state index >= 15 is 0 Å². The minimum Gasteiger partial charge on any atom is -0.359 e. The summed E-state index contributed by atoms with van der Waals surface area (Å²) in [5, 5.41) is 4.00. The van der Waals surface area contributed by atoms with Crippen LogP contribution in [0.4, 0.5) is 0 Å². The van der Waals surface area contributed by atoms with Gasteiger partial charge in [0.1, 0.15) is 0 Å². The number of nitrogens with one attached hydrogen (secondary N) is 2. The molecule has 0 saturated carbocycles. The van der Waals surface area contributed by atoms with Gasteiger partial charge in [0, 0.05) is 28.5 Å². The highest BCUT2D eigenvalue weighted by Crippen LogP contribution is 2.27. The zero-order valence-electron chi connectivity index (χ0n) is 12.5. The van der Waals surface area contributed by atoms with Crippen LogP contribution in [0.15, 0.2) is 48.5 Å². The highest BCUT2D eigenvalue weighted by atomic mass is 35.5. The third-order valence-electron chi connectivity index (χ3n) is 3.75. The van der Waals surface area contributed by atoms with Crippen LogP contribution in [0.5, 0.6) is 0 Å². The zero-order chi connectivity index (χ0) is 16.4. The van der Waals surface area contributed by atoms with Crippen molar-refractivity contribution >= 4 is 34.2 Å². The summed E-state index contributed by atoms with van der Waals surface area (Å²) in [6.45, 7) is 0. The Balaban J connectivity index is 2.16. The number of H-pyrrole nitrogens is 1. The Morgan fingerprint density at radius 2 is 1.87 bits per heavy atom. The van der Waals surface area contributed by atoms with Crippen molar-refractivity contribution in [1.82, 2.24) is 10.3 Å². The number of aromatic nitrogens is 1. The molecule has 2 N–H and O–H groups in total. The van der Waals surface area contributed by atoms with Crippen LogP contribution >= 0.6 is 11.6 Å². The molecule has 3 aromatic rings. The topological polar surface area (TPSA) is 62.0 Å². The normalized spacial score (nSPS) is 10.7. The summed E-state index contributed by atoms with van der Waals surface area (Å²) in [5.74, 6) is -0.292. The summed E-state index contributed by atoms with van der Waals surface area (Å²) in [6, 6.07) is 14.3. The first kappa shape index (κ1) is 15.3. The molecule has 0 saturated heterocycles. The molecule has 0 unspecified atom stereocenters. The maximum Gasteiger partial charge on any atom is 0.224 e. The number of rotatable bonds is 4. The fourth-order valence-electron chi connectivity index (χ4n) is 2.59. The number of amides is 1. The number of benzene rings is 2. The third kappa shape index (κ3) is 2.98. The van der Waals surface area contributed by atoms with Crippen LogP contribution < -0.4 is 5.32 Å². The Hall–Kier alpha value is -2.59. The van der Waals surface area contributed by atoms with Gasteiger partial charge in [-0.25, -0.2) is 0 Å². The van der Waals surface area contributed by atoms with Crippen LogP contribution in [0.2, 0.25) is 5.02 Å². The molecule has 0 aliphatic rings. The number of halogens is 1. The van der Waals surface area contributed by atoms with Gasteiger partial charge in [-0.15, -0.1) is 0 Å². The van der Waals surface area contributed by atoms with Crippen molar-refractivity contribution < 1.29 is 9.59 Å². The maximum absolute atomic E-state index is 12.8. The Bertz CT molecular complexity index is 885. The Kier molecular flexibility index (Phi) is 4.17. The van der Waals surface area contributed by atoms with Crippen molar-refractivity contribution in [3.63, 3.8) is 0 Å². The van der Waals surface area contributed by atoms with E-state index in [0.717, 1.165) is 10.9 Å². The molecule has 0 atom stereocenters. The first-order valence-electron chi connectivity index (χ1n) is 7.20. The van der Waals surface area contributed by atoms with Crippen molar-refractivity contribution in [2.75, 3.05) is 7.05 Å². The minimum absolute atomic E-state index is 0.131. The van der Waals surface area contributed by atoms with Crippen LogP contribution in [-0.4, -0.2) is 23.7 Å². The molecule has 0 radical (unpaired) electrons. The summed E-state index contributed by atoms with van der Waals surface area (Å²) in [4.78, 5) is 27.8. The van der Waals surface area contributed by atoms with Gasteiger partial charge in [-0.05, 0) is 17.7 Å². The maximum atomic E-state index is 12.8.